The highest BCUT2D eigenvalue weighted by Crippen LogP contribution is 2.33. The zero-order valence-electron chi connectivity index (χ0n) is 19.2. The van der Waals surface area contributed by atoms with Gasteiger partial charge in [0.25, 0.3) is 10.0 Å². The van der Waals surface area contributed by atoms with E-state index in [0.717, 1.165) is 9.87 Å². The fraction of sp³-hybridized carbons (Fsp3) is 0.0741. The number of halogens is 2. The molecular formula is C27H22Cl2N2O4S. The largest absolute Gasteiger partial charge is 0.455 e. The van der Waals surface area contributed by atoms with E-state index in [0.29, 0.717) is 22.2 Å². The highest BCUT2D eigenvalue weighted by atomic mass is 35.5. The number of ether oxygens (including phenoxy) is 1. The number of nitrogens with one attached hydrogen (secondary N) is 1. The summed E-state index contributed by atoms with van der Waals surface area (Å²) in [5, 5.41) is 3.29. The van der Waals surface area contributed by atoms with E-state index in [1.165, 1.54) is 18.2 Å². The standard InChI is InChI=1S/C27H22Cl2N2O4S/c1-19-11-14-22(15-12-19)36(33,34)31(25-10-6-5-9-23(25)29)18-27(32)30-24-17-20(28)13-16-26(24)35-21-7-3-2-4-8-21/h2-17H,18H2,1H3,(H,30,32). The molecule has 0 spiro atoms. The molecule has 0 fully saturated rings. The third-order valence-corrected chi connectivity index (χ3v) is 7.53. The molecule has 184 valence electrons. The average molecular weight is 541 g/mol. The molecule has 9 heteroatoms. The van der Waals surface area contributed by atoms with Crippen LogP contribution in [-0.2, 0) is 14.8 Å². The molecule has 1 N–H and O–H groups in total. The Morgan fingerprint density at radius 1 is 0.889 bits per heavy atom. The van der Waals surface area contributed by atoms with Crippen LogP contribution in [0.3, 0.4) is 0 Å². The molecule has 0 saturated heterocycles. The predicted molar refractivity (Wildman–Crippen MR) is 144 cm³/mol. The number of rotatable bonds is 8. The maximum Gasteiger partial charge on any atom is 0.264 e. The lowest BCUT2D eigenvalue weighted by atomic mass is 10.2. The van der Waals surface area contributed by atoms with Crippen molar-refractivity contribution in [1.82, 2.24) is 0 Å². The number of aryl methyl sites for hydroxylation is 1. The van der Waals surface area contributed by atoms with Gasteiger partial charge in [0.15, 0.2) is 5.75 Å². The number of benzene rings is 4. The molecule has 1 amide bonds. The van der Waals surface area contributed by atoms with Crippen LogP contribution in [0.25, 0.3) is 0 Å². The SMILES string of the molecule is Cc1ccc(S(=O)(=O)N(CC(=O)Nc2cc(Cl)ccc2Oc2ccccc2)c2ccccc2Cl)cc1. The number of para-hydroxylation sites is 2. The Hall–Kier alpha value is -3.52. The van der Waals surface area contributed by atoms with E-state index in [-0.39, 0.29) is 15.6 Å². The highest BCUT2D eigenvalue weighted by molar-refractivity contribution is 7.92. The van der Waals surface area contributed by atoms with Crippen molar-refractivity contribution < 1.29 is 17.9 Å². The van der Waals surface area contributed by atoms with Crippen molar-refractivity contribution in [3.8, 4) is 11.5 Å². The molecule has 36 heavy (non-hydrogen) atoms. The second kappa shape index (κ2) is 11.0. The third kappa shape index (κ3) is 5.99. The first kappa shape index (κ1) is 25.6. The minimum atomic E-state index is -4.12. The third-order valence-electron chi connectivity index (χ3n) is 5.20. The minimum absolute atomic E-state index is 0.0386. The minimum Gasteiger partial charge on any atom is -0.455 e. The first-order valence-corrected chi connectivity index (χ1v) is 13.1. The quantitative estimate of drug-likeness (QED) is 0.263. The van der Waals surface area contributed by atoms with Crippen LogP contribution >= 0.6 is 23.2 Å². The lowest BCUT2D eigenvalue weighted by molar-refractivity contribution is -0.114. The van der Waals surface area contributed by atoms with E-state index in [2.05, 4.69) is 5.32 Å². The maximum absolute atomic E-state index is 13.6. The van der Waals surface area contributed by atoms with Crippen LogP contribution in [0.2, 0.25) is 10.0 Å². The van der Waals surface area contributed by atoms with Crippen molar-refractivity contribution in [2.75, 3.05) is 16.2 Å². The molecular weight excluding hydrogens is 519 g/mol. The Kier molecular flexibility index (Phi) is 7.84. The molecule has 6 nitrogen and oxygen atoms in total. The molecule has 0 heterocycles. The topological polar surface area (TPSA) is 75.7 Å². The van der Waals surface area contributed by atoms with Crippen LogP contribution in [0.4, 0.5) is 11.4 Å². The summed E-state index contributed by atoms with van der Waals surface area (Å²) < 4.78 is 34.1. The monoisotopic (exact) mass is 540 g/mol. The van der Waals surface area contributed by atoms with Gasteiger partial charge in [-0.15, -0.1) is 0 Å². The van der Waals surface area contributed by atoms with Gasteiger partial charge >= 0.3 is 0 Å². The van der Waals surface area contributed by atoms with E-state index in [1.807, 2.05) is 25.1 Å². The lowest BCUT2D eigenvalue weighted by Crippen LogP contribution is -2.38. The van der Waals surface area contributed by atoms with Crippen LogP contribution in [-0.4, -0.2) is 20.9 Å². The van der Waals surface area contributed by atoms with Gasteiger partial charge in [-0.25, -0.2) is 8.42 Å². The molecule has 4 aromatic rings. The van der Waals surface area contributed by atoms with E-state index < -0.39 is 22.5 Å². The lowest BCUT2D eigenvalue weighted by Gasteiger charge is -2.25. The molecule has 4 rings (SSSR count). The van der Waals surface area contributed by atoms with Crippen LogP contribution < -0.4 is 14.4 Å². The molecule has 4 aromatic carbocycles. The Labute approximate surface area is 220 Å². The Balaban J connectivity index is 1.65. The smallest absolute Gasteiger partial charge is 0.264 e. The zero-order chi connectivity index (χ0) is 25.7. The van der Waals surface area contributed by atoms with Crippen LogP contribution in [0.15, 0.2) is 102 Å². The van der Waals surface area contributed by atoms with Crippen molar-refractivity contribution in [2.45, 2.75) is 11.8 Å². The summed E-state index contributed by atoms with van der Waals surface area (Å²) in [7, 11) is -4.12. The van der Waals surface area contributed by atoms with Crippen molar-refractivity contribution >= 4 is 50.5 Å². The average Bonchev–Trinajstić information content (AvgIpc) is 2.86. The summed E-state index contributed by atoms with van der Waals surface area (Å²) in [6.07, 6.45) is 0. The molecule has 0 radical (unpaired) electrons. The van der Waals surface area contributed by atoms with Gasteiger partial charge in [0.2, 0.25) is 5.91 Å². The van der Waals surface area contributed by atoms with E-state index >= 15 is 0 Å². The molecule has 0 bridgehead atoms. The number of hydrogen-bond donors (Lipinski definition) is 1. The van der Waals surface area contributed by atoms with E-state index in [4.69, 9.17) is 27.9 Å². The van der Waals surface area contributed by atoms with Crippen molar-refractivity contribution in [1.29, 1.82) is 0 Å². The second-order valence-corrected chi connectivity index (χ2v) is 10.6. The van der Waals surface area contributed by atoms with Gasteiger partial charge in [0.1, 0.15) is 12.3 Å². The number of nitrogens with zero attached hydrogens (tertiary/aromatic N) is 1. The normalized spacial score (nSPS) is 11.1. The Bertz CT molecular complexity index is 1480. The summed E-state index contributed by atoms with van der Waals surface area (Å²) in [5.74, 6) is 0.311. The number of carbonyl (C=O) groups is 1. The summed E-state index contributed by atoms with van der Waals surface area (Å²) >= 11 is 12.5. The molecule has 0 saturated carbocycles. The number of anilines is 2. The molecule has 0 aliphatic rings. The number of hydrogen-bond acceptors (Lipinski definition) is 4. The summed E-state index contributed by atoms with van der Waals surface area (Å²) in [5.41, 5.74) is 1.38. The van der Waals surface area contributed by atoms with Gasteiger partial charge in [-0.1, -0.05) is 71.2 Å². The maximum atomic E-state index is 13.6. The number of carbonyl (C=O) groups excluding carboxylic acids is 1. The van der Waals surface area contributed by atoms with Gasteiger partial charge in [-0.05, 0) is 61.5 Å². The zero-order valence-corrected chi connectivity index (χ0v) is 21.5. The Morgan fingerprint density at radius 2 is 1.56 bits per heavy atom. The summed E-state index contributed by atoms with van der Waals surface area (Å²) in [6, 6.07) is 26.6. The van der Waals surface area contributed by atoms with Gasteiger partial charge < -0.3 is 10.1 Å². The first-order valence-electron chi connectivity index (χ1n) is 10.9. The van der Waals surface area contributed by atoms with Gasteiger partial charge in [0.05, 0.1) is 21.3 Å². The fourth-order valence-electron chi connectivity index (χ4n) is 3.42. The molecule has 0 aliphatic carbocycles. The highest BCUT2D eigenvalue weighted by Gasteiger charge is 2.29. The fourth-order valence-corrected chi connectivity index (χ4v) is 5.32. The summed E-state index contributed by atoms with van der Waals surface area (Å²) in [6.45, 7) is 1.33. The molecule has 0 atom stereocenters. The van der Waals surface area contributed by atoms with Crippen molar-refractivity contribution in [3.63, 3.8) is 0 Å². The first-order chi connectivity index (χ1) is 17.2. The molecule has 0 aromatic heterocycles. The number of amides is 1. The van der Waals surface area contributed by atoms with E-state index in [9.17, 15) is 13.2 Å². The van der Waals surface area contributed by atoms with Gasteiger partial charge in [0, 0.05) is 5.02 Å². The van der Waals surface area contributed by atoms with E-state index in [1.54, 1.807) is 60.7 Å². The van der Waals surface area contributed by atoms with Crippen molar-refractivity contribution in [2.24, 2.45) is 0 Å². The van der Waals surface area contributed by atoms with Gasteiger partial charge in [-0.2, -0.15) is 0 Å². The van der Waals surface area contributed by atoms with Crippen molar-refractivity contribution in [3.05, 3.63) is 113 Å². The van der Waals surface area contributed by atoms with Gasteiger partial charge in [-0.3, -0.25) is 9.10 Å². The molecule has 0 aliphatic heterocycles. The molecule has 0 unspecified atom stereocenters. The summed E-state index contributed by atoms with van der Waals surface area (Å²) in [4.78, 5) is 13.2. The van der Waals surface area contributed by atoms with Crippen LogP contribution in [0.5, 0.6) is 11.5 Å². The Morgan fingerprint density at radius 3 is 2.25 bits per heavy atom. The number of sulfonamides is 1. The van der Waals surface area contributed by atoms with Crippen LogP contribution in [0, 0.1) is 6.92 Å². The van der Waals surface area contributed by atoms with Crippen LogP contribution in [0.1, 0.15) is 5.56 Å². The second-order valence-electron chi connectivity index (χ2n) is 7.88. The predicted octanol–water partition coefficient (Wildman–Crippen LogP) is 6.93.